The average Bonchev–Trinajstić information content (AvgIpc) is 2.76. The Morgan fingerprint density at radius 3 is 2.14 bits per heavy atom. The summed E-state index contributed by atoms with van der Waals surface area (Å²) < 4.78 is 16.3. The van der Waals surface area contributed by atoms with Gasteiger partial charge in [-0.1, -0.05) is 29.8 Å². The number of likely N-dealkylation sites (tertiary alicyclic amines) is 1. The quantitative estimate of drug-likeness (QED) is 0.695. The highest BCUT2D eigenvalue weighted by Gasteiger charge is 2.34. The number of hydrogen-bond donors (Lipinski definition) is 1. The molecule has 1 aliphatic heterocycles. The molecule has 29 heavy (non-hydrogen) atoms. The molecular weight excluding hydrogens is 390 g/mol. The van der Waals surface area contributed by atoms with E-state index in [-0.39, 0.29) is 12.0 Å². The highest BCUT2D eigenvalue weighted by molar-refractivity contribution is 6.31. The number of rotatable bonds is 8. The predicted molar refractivity (Wildman–Crippen MR) is 115 cm³/mol. The van der Waals surface area contributed by atoms with E-state index in [2.05, 4.69) is 11.0 Å². The molecule has 0 aliphatic carbocycles. The van der Waals surface area contributed by atoms with Crippen LogP contribution < -0.4 is 14.2 Å². The summed E-state index contributed by atoms with van der Waals surface area (Å²) in [6, 6.07) is 11.9. The summed E-state index contributed by atoms with van der Waals surface area (Å²) in [7, 11) is 4.87. The molecule has 1 N–H and O–H groups in total. The Balaban J connectivity index is 1.68. The Morgan fingerprint density at radius 1 is 1.00 bits per heavy atom. The van der Waals surface area contributed by atoms with E-state index in [0.29, 0.717) is 17.2 Å². The zero-order valence-electron chi connectivity index (χ0n) is 17.4. The number of halogens is 1. The fourth-order valence-electron chi connectivity index (χ4n) is 4.11. The van der Waals surface area contributed by atoms with Crippen molar-refractivity contribution >= 4 is 11.6 Å². The second-order valence-electron chi connectivity index (χ2n) is 7.74. The third-order valence-electron chi connectivity index (χ3n) is 5.91. The highest BCUT2D eigenvalue weighted by atomic mass is 35.5. The summed E-state index contributed by atoms with van der Waals surface area (Å²) in [6.07, 6.45) is 2.67. The van der Waals surface area contributed by atoms with Gasteiger partial charge in [-0.25, -0.2) is 0 Å². The number of aliphatic hydroxyl groups is 1. The molecule has 5 nitrogen and oxygen atoms in total. The predicted octanol–water partition coefficient (Wildman–Crippen LogP) is 4.18. The van der Waals surface area contributed by atoms with Crippen LogP contribution in [-0.2, 0) is 13.0 Å². The first kappa shape index (κ1) is 21.8. The summed E-state index contributed by atoms with van der Waals surface area (Å²) >= 11 is 6.35. The zero-order valence-corrected chi connectivity index (χ0v) is 18.2. The van der Waals surface area contributed by atoms with E-state index in [1.165, 1.54) is 0 Å². The SMILES string of the molecule is COc1cc(CN2CCC(CO)(Cc3ccccc3Cl)CC2)cc(OC)c1OC. The maximum atomic E-state index is 10.2. The first-order valence-corrected chi connectivity index (χ1v) is 10.3. The minimum absolute atomic E-state index is 0.114. The van der Waals surface area contributed by atoms with E-state index < -0.39 is 0 Å². The van der Waals surface area contributed by atoms with Crippen molar-refractivity contribution in [2.24, 2.45) is 5.41 Å². The number of aliphatic hydroxyl groups excluding tert-OH is 1. The second-order valence-corrected chi connectivity index (χ2v) is 8.14. The van der Waals surface area contributed by atoms with E-state index in [0.717, 1.165) is 55.0 Å². The Labute approximate surface area is 178 Å². The van der Waals surface area contributed by atoms with Gasteiger partial charge in [-0.15, -0.1) is 0 Å². The number of benzene rings is 2. The molecule has 6 heteroatoms. The van der Waals surface area contributed by atoms with Crippen molar-refractivity contribution in [1.82, 2.24) is 4.90 Å². The average molecular weight is 420 g/mol. The molecule has 158 valence electrons. The second kappa shape index (κ2) is 9.70. The standard InChI is InChI=1S/C23H30ClNO4/c1-27-20-12-17(13-21(28-2)22(20)29-3)15-25-10-8-23(16-26,9-11-25)14-18-6-4-5-7-19(18)24/h4-7,12-13,26H,8-11,14-16H2,1-3H3. The van der Waals surface area contributed by atoms with Crippen LogP contribution in [0.4, 0.5) is 0 Å². The number of hydrogen-bond acceptors (Lipinski definition) is 5. The highest BCUT2D eigenvalue weighted by Crippen LogP contribution is 2.40. The molecule has 0 saturated carbocycles. The monoisotopic (exact) mass is 419 g/mol. The smallest absolute Gasteiger partial charge is 0.203 e. The van der Waals surface area contributed by atoms with E-state index >= 15 is 0 Å². The van der Waals surface area contributed by atoms with Gasteiger partial charge in [-0.05, 0) is 67.1 Å². The van der Waals surface area contributed by atoms with Gasteiger partial charge in [0.15, 0.2) is 11.5 Å². The van der Waals surface area contributed by atoms with Gasteiger partial charge in [0.25, 0.3) is 0 Å². The topological polar surface area (TPSA) is 51.2 Å². The van der Waals surface area contributed by atoms with Gasteiger partial charge in [0.1, 0.15) is 0 Å². The van der Waals surface area contributed by atoms with E-state index in [1.54, 1.807) is 21.3 Å². The lowest BCUT2D eigenvalue weighted by atomic mass is 9.74. The van der Waals surface area contributed by atoms with Gasteiger partial charge in [0.2, 0.25) is 5.75 Å². The van der Waals surface area contributed by atoms with Gasteiger partial charge >= 0.3 is 0 Å². The van der Waals surface area contributed by atoms with Crippen LogP contribution in [-0.4, -0.2) is 51.0 Å². The number of nitrogens with zero attached hydrogens (tertiary/aromatic N) is 1. The number of methoxy groups -OCH3 is 3. The Morgan fingerprint density at radius 2 is 1.62 bits per heavy atom. The lowest BCUT2D eigenvalue weighted by Gasteiger charge is -2.41. The molecule has 1 aliphatic rings. The summed E-state index contributed by atoms with van der Waals surface area (Å²) in [5.41, 5.74) is 2.11. The van der Waals surface area contributed by atoms with Crippen LogP contribution in [0.15, 0.2) is 36.4 Å². The van der Waals surface area contributed by atoms with Crippen molar-refractivity contribution in [1.29, 1.82) is 0 Å². The lowest BCUT2D eigenvalue weighted by Crippen LogP contribution is -2.42. The molecule has 0 atom stereocenters. The molecule has 0 unspecified atom stereocenters. The van der Waals surface area contributed by atoms with Crippen LogP contribution in [0.25, 0.3) is 0 Å². The number of ether oxygens (including phenoxy) is 3. The van der Waals surface area contributed by atoms with Gasteiger partial charge < -0.3 is 19.3 Å². The van der Waals surface area contributed by atoms with Crippen LogP contribution in [0.3, 0.4) is 0 Å². The molecule has 0 bridgehead atoms. The minimum atomic E-state index is -0.114. The molecule has 0 spiro atoms. The van der Waals surface area contributed by atoms with Crippen molar-refractivity contribution in [2.45, 2.75) is 25.8 Å². The van der Waals surface area contributed by atoms with Crippen molar-refractivity contribution in [3.63, 3.8) is 0 Å². The first-order chi connectivity index (χ1) is 14.0. The van der Waals surface area contributed by atoms with E-state index in [4.69, 9.17) is 25.8 Å². The van der Waals surface area contributed by atoms with Crippen LogP contribution in [0.1, 0.15) is 24.0 Å². The minimum Gasteiger partial charge on any atom is -0.493 e. The lowest BCUT2D eigenvalue weighted by molar-refractivity contribution is 0.0413. The third kappa shape index (κ3) is 4.97. The van der Waals surface area contributed by atoms with Gasteiger partial charge in [-0.2, -0.15) is 0 Å². The molecule has 1 fully saturated rings. The number of piperidine rings is 1. The zero-order chi connectivity index (χ0) is 20.9. The molecule has 1 saturated heterocycles. The van der Waals surface area contributed by atoms with E-state index in [9.17, 15) is 5.11 Å². The van der Waals surface area contributed by atoms with Gasteiger partial charge in [-0.3, -0.25) is 4.90 Å². The summed E-state index contributed by atoms with van der Waals surface area (Å²) in [5, 5.41) is 10.9. The van der Waals surface area contributed by atoms with Crippen molar-refractivity contribution in [3.05, 3.63) is 52.5 Å². The van der Waals surface area contributed by atoms with Crippen molar-refractivity contribution < 1.29 is 19.3 Å². The molecule has 1 heterocycles. The molecule has 0 amide bonds. The van der Waals surface area contributed by atoms with Crippen molar-refractivity contribution in [3.8, 4) is 17.2 Å². The molecule has 2 aromatic carbocycles. The largest absolute Gasteiger partial charge is 0.493 e. The molecule has 3 rings (SSSR count). The Bertz CT molecular complexity index is 793. The fraction of sp³-hybridized carbons (Fsp3) is 0.478. The maximum absolute atomic E-state index is 10.2. The van der Waals surface area contributed by atoms with Crippen LogP contribution in [0.2, 0.25) is 5.02 Å². The van der Waals surface area contributed by atoms with Crippen LogP contribution in [0, 0.1) is 5.41 Å². The van der Waals surface area contributed by atoms with E-state index in [1.807, 2.05) is 30.3 Å². The van der Waals surface area contributed by atoms with Gasteiger partial charge in [0.05, 0.1) is 21.3 Å². The first-order valence-electron chi connectivity index (χ1n) is 9.89. The molecule has 0 radical (unpaired) electrons. The molecule has 2 aromatic rings. The molecule has 0 aromatic heterocycles. The third-order valence-corrected chi connectivity index (χ3v) is 6.27. The normalized spacial score (nSPS) is 16.4. The van der Waals surface area contributed by atoms with Gasteiger partial charge in [0, 0.05) is 18.2 Å². The summed E-state index contributed by atoms with van der Waals surface area (Å²) in [5.74, 6) is 1.95. The van der Waals surface area contributed by atoms with Crippen LogP contribution in [0.5, 0.6) is 17.2 Å². The summed E-state index contributed by atoms with van der Waals surface area (Å²) in [6.45, 7) is 2.81. The summed E-state index contributed by atoms with van der Waals surface area (Å²) in [4.78, 5) is 2.40. The molecular formula is C23H30ClNO4. The Kier molecular flexibility index (Phi) is 7.28. The fourth-order valence-corrected chi connectivity index (χ4v) is 4.31. The maximum Gasteiger partial charge on any atom is 0.203 e. The Hall–Kier alpha value is -1.95. The van der Waals surface area contributed by atoms with Crippen molar-refractivity contribution in [2.75, 3.05) is 41.0 Å². The van der Waals surface area contributed by atoms with Crippen LogP contribution >= 0.6 is 11.6 Å².